The molecule has 3 aromatic rings. The number of benzene rings is 2. The Bertz CT molecular complexity index is 942. The number of hydrogen-bond acceptors (Lipinski definition) is 3. The van der Waals surface area contributed by atoms with Gasteiger partial charge in [0.2, 0.25) is 0 Å². The highest BCUT2D eigenvalue weighted by molar-refractivity contribution is 9.10. The van der Waals surface area contributed by atoms with Crippen LogP contribution >= 0.6 is 27.3 Å². The van der Waals surface area contributed by atoms with Crippen molar-refractivity contribution in [2.45, 2.75) is 20.4 Å². The van der Waals surface area contributed by atoms with E-state index in [9.17, 15) is 4.79 Å². The van der Waals surface area contributed by atoms with Crippen LogP contribution in [-0.4, -0.2) is 17.1 Å². The van der Waals surface area contributed by atoms with E-state index in [0.717, 1.165) is 27.0 Å². The molecule has 3 rings (SSSR count). The predicted molar refractivity (Wildman–Crippen MR) is 101 cm³/mol. The summed E-state index contributed by atoms with van der Waals surface area (Å²) in [5, 5.41) is 0. The van der Waals surface area contributed by atoms with Gasteiger partial charge in [0.05, 0.1) is 16.8 Å². The van der Waals surface area contributed by atoms with Gasteiger partial charge in [0.1, 0.15) is 5.75 Å². The number of para-hydroxylation sites is 1. The molecule has 124 valence electrons. The first-order chi connectivity index (χ1) is 11.6. The molecule has 24 heavy (non-hydrogen) atoms. The number of halogens is 1. The lowest BCUT2D eigenvalue weighted by atomic mass is 10.2. The molecule has 0 fully saturated rings. The van der Waals surface area contributed by atoms with Crippen molar-refractivity contribution in [1.82, 2.24) is 4.57 Å². The molecule has 0 saturated heterocycles. The summed E-state index contributed by atoms with van der Waals surface area (Å²) in [4.78, 5) is 17.5. The van der Waals surface area contributed by atoms with Gasteiger partial charge in [-0.05, 0) is 66.2 Å². The van der Waals surface area contributed by atoms with E-state index < -0.39 is 0 Å². The Morgan fingerprint density at radius 1 is 1.21 bits per heavy atom. The number of carbonyl (C=O) groups is 1. The molecule has 0 atom stereocenters. The van der Waals surface area contributed by atoms with Crippen LogP contribution in [0.2, 0.25) is 0 Å². The number of thiazole rings is 1. The fraction of sp³-hybridized carbons (Fsp3) is 0.222. The summed E-state index contributed by atoms with van der Waals surface area (Å²) in [5.41, 5.74) is 1.63. The largest absolute Gasteiger partial charge is 0.494 e. The van der Waals surface area contributed by atoms with Crippen LogP contribution in [-0.2, 0) is 6.54 Å². The Hall–Kier alpha value is -1.92. The highest BCUT2D eigenvalue weighted by Gasteiger charge is 2.10. The molecule has 0 saturated carbocycles. The number of nitrogens with zero attached hydrogens (tertiary/aromatic N) is 2. The first-order valence-electron chi connectivity index (χ1n) is 7.73. The molecule has 0 unspecified atom stereocenters. The van der Waals surface area contributed by atoms with Crippen LogP contribution in [0.15, 0.2) is 51.9 Å². The van der Waals surface area contributed by atoms with E-state index in [1.165, 1.54) is 11.3 Å². The minimum atomic E-state index is -0.247. The predicted octanol–water partition coefficient (Wildman–Crippen LogP) is 4.63. The smallest absolute Gasteiger partial charge is 0.279 e. The third kappa shape index (κ3) is 3.30. The molecule has 0 radical (unpaired) electrons. The molecule has 0 N–H and O–H groups in total. The molecule has 0 aliphatic heterocycles. The van der Waals surface area contributed by atoms with Gasteiger partial charge in [0.15, 0.2) is 4.80 Å². The standard InChI is InChI=1S/C18H17BrN2O2S/c1-3-21-16-14(19)6-5-7-15(16)24-18(21)20-17(22)12-8-10-13(11-9-12)23-4-2/h5-11H,3-4H2,1-2H3. The van der Waals surface area contributed by atoms with Crippen molar-refractivity contribution >= 4 is 43.4 Å². The van der Waals surface area contributed by atoms with Gasteiger partial charge in [-0.1, -0.05) is 17.4 Å². The van der Waals surface area contributed by atoms with Gasteiger partial charge in [-0.15, -0.1) is 0 Å². The Balaban J connectivity index is 2.03. The monoisotopic (exact) mass is 404 g/mol. The topological polar surface area (TPSA) is 43.6 Å². The zero-order valence-corrected chi connectivity index (χ0v) is 15.9. The van der Waals surface area contributed by atoms with Gasteiger partial charge in [0, 0.05) is 16.6 Å². The molecule has 0 bridgehead atoms. The van der Waals surface area contributed by atoms with Crippen molar-refractivity contribution in [3.05, 3.63) is 57.3 Å². The molecule has 0 aliphatic carbocycles. The van der Waals surface area contributed by atoms with Crippen LogP contribution in [0.4, 0.5) is 0 Å². The van der Waals surface area contributed by atoms with Gasteiger partial charge in [0.25, 0.3) is 5.91 Å². The SMILES string of the molecule is CCOc1ccc(C(=O)N=c2sc3cccc(Br)c3n2CC)cc1. The van der Waals surface area contributed by atoms with Crippen molar-refractivity contribution < 1.29 is 9.53 Å². The number of fused-ring (bicyclic) bond motifs is 1. The highest BCUT2D eigenvalue weighted by Crippen LogP contribution is 2.25. The average molecular weight is 405 g/mol. The van der Waals surface area contributed by atoms with E-state index in [1.807, 2.05) is 32.0 Å². The Morgan fingerprint density at radius 3 is 2.62 bits per heavy atom. The average Bonchev–Trinajstić information content (AvgIpc) is 2.94. The van der Waals surface area contributed by atoms with Crippen molar-refractivity contribution in [3.8, 4) is 5.75 Å². The quantitative estimate of drug-likeness (QED) is 0.636. The van der Waals surface area contributed by atoms with Crippen molar-refractivity contribution in [2.24, 2.45) is 4.99 Å². The lowest BCUT2D eigenvalue weighted by Crippen LogP contribution is -2.16. The second-order valence-corrected chi connectivity index (χ2v) is 6.95. The maximum Gasteiger partial charge on any atom is 0.279 e. The molecular weight excluding hydrogens is 388 g/mol. The summed E-state index contributed by atoms with van der Waals surface area (Å²) in [5.74, 6) is 0.506. The van der Waals surface area contributed by atoms with Gasteiger partial charge in [-0.25, -0.2) is 0 Å². The molecule has 1 heterocycles. The molecule has 1 amide bonds. The van der Waals surface area contributed by atoms with E-state index in [1.54, 1.807) is 24.3 Å². The van der Waals surface area contributed by atoms with Crippen molar-refractivity contribution in [3.63, 3.8) is 0 Å². The number of aromatic nitrogens is 1. The van der Waals surface area contributed by atoms with Crippen molar-refractivity contribution in [2.75, 3.05) is 6.61 Å². The molecular formula is C18H17BrN2O2S. The summed E-state index contributed by atoms with van der Waals surface area (Å²) >= 11 is 5.10. The lowest BCUT2D eigenvalue weighted by molar-refractivity contribution is 0.0998. The Kier molecular flexibility index (Phi) is 5.16. The number of amides is 1. The minimum absolute atomic E-state index is 0.247. The van der Waals surface area contributed by atoms with Crippen LogP contribution in [0.3, 0.4) is 0 Å². The molecule has 6 heteroatoms. The second kappa shape index (κ2) is 7.32. The fourth-order valence-electron chi connectivity index (χ4n) is 2.48. The maximum atomic E-state index is 12.5. The van der Waals surface area contributed by atoms with Crippen LogP contribution in [0.1, 0.15) is 24.2 Å². The number of ether oxygens (including phenoxy) is 1. The van der Waals surface area contributed by atoms with Crippen molar-refractivity contribution in [1.29, 1.82) is 0 Å². The number of rotatable bonds is 4. The van der Waals surface area contributed by atoms with Gasteiger partial charge in [-0.2, -0.15) is 4.99 Å². The summed E-state index contributed by atoms with van der Waals surface area (Å²) in [6.45, 7) is 5.33. The molecule has 2 aromatic carbocycles. The first kappa shape index (κ1) is 16.9. The Morgan fingerprint density at radius 2 is 1.96 bits per heavy atom. The normalized spacial score (nSPS) is 11.9. The molecule has 0 aliphatic rings. The van der Waals surface area contributed by atoms with Gasteiger partial charge in [-0.3, -0.25) is 4.79 Å². The van der Waals surface area contributed by atoms with E-state index in [4.69, 9.17) is 4.74 Å². The number of aryl methyl sites for hydroxylation is 1. The highest BCUT2D eigenvalue weighted by atomic mass is 79.9. The summed E-state index contributed by atoms with van der Waals surface area (Å²) in [7, 11) is 0. The zero-order chi connectivity index (χ0) is 17.1. The number of hydrogen-bond donors (Lipinski definition) is 0. The van der Waals surface area contributed by atoms with Crippen LogP contribution in [0.5, 0.6) is 5.75 Å². The van der Waals surface area contributed by atoms with E-state index in [2.05, 4.69) is 25.5 Å². The van der Waals surface area contributed by atoms with E-state index >= 15 is 0 Å². The summed E-state index contributed by atoms with van der Waals surface area (Å²) < 4.78 is 9.56. The van der Waals surface area contributed by atoms with Crippen LogP contribution in [0, 0.1) is 0 Å². The van der Waals surface area contributed by atoms with E-state index in [-0.39, 0.29) is 5.91 Å². The molecule has 4 nitrogen and oxygen atoms in total. The third-order valence-electron chi connectivity index (χ3n) is 3.58. The minimum Gasteiger partial charge on any atom is -0.494 e. The first-order valence-corrected chi connectivity index (χ1v) is 9.34. The van der Waals surface area contributed by atoms with Gasteiger partial charge >= 0.3 is 0 Å². The van der Waals surface area contributed by atoms with Gasteiger partial charge < -0.3 is 9.30 Å². The molecule has 1 aromatic heterocycles. The van der Waals surface area contributed by atoms with Crippen LogP contribution < -0.4 is 9.54 Å². The molecule has 0 spiro atoms. The van der Waals surface area contributed by atoms with Crippen LogP contribution in [0.25, 0.3) is 10.2 Å². The third-order valence-corrected chi connectivity index (χ3v) is 5.26. The maximum absolute atomic E-state index is 12.5. The Labute approximate surface area is 152 Å². The zero-order valence-electron chi connectivity index (χ0n) is 13.5. The summed E-state index contributed by atoms with van der Waals surface area (Å²) in [6, 6.07) is 13.1. The lowest BCUT2D eigenvalue weighted by Gasteiger charge is -2.03. The van der Waals surface area contributed by atoms with E-state index in [0.29, 0.717) is 17.0 Å². The second-order valence-electron chi connectivity index (χ2n) is 5.09. The summed E-state index contributed by atoms with van der Waals surface area (Å²) in [6.07, 6.45) is 0. The fourth-order valence-corrected chi connectivity index (χ4v) is 4.31. The number of carbonyl (C=O) groups excluding carboxylic acids is 1.